The van der Waals surface area contributed by atoms with Crippen LogP contribution in [0, 0.1) is 0 Å². The molecule has 1 heterocycles. The minimum Gasteiger partial charge on any atom is -0.438 e. The van der Waals surface area contributed by atoms with Crippen molar-refractivity contribution in [3.63, 3.8) is 0 Å². The van der Waals surface area contributed by atoms with E-state index in [2.05, 4.69) is 48.2 Å². The molecule has 0 radical (unpaired) electrons. The van der Waals surface area contributed by atoms with Crippen LogP contribution in [0.25, 0.3) is 0 Å². The van der Waals surface area contributed by atoms with Crippen LogP contribution in [0.2, 0.25) is 0 Å². The number of hydrogen-bond donors (Lipinski definition) is 1. The molecule has 0 bridgehead atoms. The van der Waals surface area contributed by atoms with Gasteiger partial charge in [-0.2, -0.15) is 0 Å². The summed E-state index contributed by atoms with van der Waals surface area (Å²) in [5.74, 6) is 1.42. The van der Waals surface area contributed by atoms with E-state index in [9.17, 15) is 0 Å². The van der Waals surface area contributed by atoms with E-state index >= 15 is 0 Å². The SMILES string of the molecule is Brc1cnc(Oc2ccccc2Br)c(CNC2CC2)c1. The number of ether oxygens (including phenoxy) is 1. The minimum absolute atomic E-state index is 0.647. The summed E-state index contributed by atoms with van der Waals surface area (Å²) >= 11 is 6.95. The normalized spacial score (nSPS) is 14.3. The lowest BCUT2D eigenvalue weighted by Crippen LogP contribution is -2.16. The van der Waals surface area contributed by atoms with Crippen molar-refractivity contribution in [1.29, 1.82) is 0 Å². The van der Waals surface area contributed by atoms with E-state index in [1.807, 2.05) is 24.3 Å². The van der Waals surface area contributed by atoms with Crippen LogP contribution in [0.3, 0.4) is 0 Å². The fraction of sp³-hybridized carbons (Fsp3) is 0.267. The quantitative estimate of drug-likeness (QED) is 0.797. The van der Waals surface area contributed by atoms with Crippen LogP contribution in [-0.4, -0.2) is 11.0 Å². The summed E-state index contributed by atoms with van der Waals surface area (Å²) in [5, 5.41) is 3.49. The molecule has 0 spiro atoms. The van der Waals surface area contributed by atoms with Crippen LogP contribution >= 0.6 is 31.9 Å². The Kier molecular flexibility index (Phi) is 4.38. The highest BCUT2D eigenvalue weighted by atomic mass is 79.9. The van der Waals surface area contributed by atoms with Gasteiger partial charge in [-0.25, -0.2) is 4.98 Å². The molecule has 3 rings (SSSR count). The second-order valence-electron chi connectivity index (χ2n) is 4.81. The van der Waals surface area contributed by atoms with Crippen LogP contribution in [0.1, 0.15) is 18.4 Å². The standard InChI is InChI=1S/C15H14Br2N2O/c16-11-7-10(8-18-12-5-6-12)15(19-9-11)20-14-4-2-1-3-13(14)17/h1-4,7,9,12,18H,5-6,8H2. The molecule has 20 heavy (non-hydrogen) atoms. The summed E-state index contributed by atoms with van der Waals surface area (Å²) in [6.45, 7) is 0.775. The molecule has 0 saturated heterocycles. The summed E-state index contributed by atoms with van der Waals surface area (Å²) in [4.78, 5) is 4.38. The van der Waals surface area contributed by atoms with Crippen molar-refractivity contribution in [2.24, 2.45) is 0 Å². The third-order valence-electron chi connectivity index (χ3n) is 3.09. The largest absolute Gasteiger partial charge is 0.438 e. The van der Waals surface area contributed by atoms with Crippen LogP contribution in [0.5, 0.6) is 11.6 Å². The van der Waals surface area contributed by atoms with Crippen LogP contribution in [0.15, 0.2) is 45.5 Å². The van der Waals surface area contributed by atoms with E-state index in [0.29, 0.717) is 11.9 Å². The molecule has 0 atom stereocenters. The maximum absolute atomic E-state index is 5.93. The Morgan fingerprint density at radius 3 is 2.80 bits per heavy atom. The van der Waals surface area contributed by atoms with Crippen molar-refractivity contribution in [3.05, 3.63) is 51.0 Å². The Labute approximate surface area is 135 Å². The number of pyridine rings is 1. The predicted octanol–water partition coefficient (Wildman–Crippen LogP) is 4.65. The Bertz CT molecular complexity index is 615. The molecule has 2 aromatic rings. The van der Waals surface area contributed by atoms with Crippen molar-refractivity contribution in [1.82, 2.24) is 10.3 Å². The number of nitrogens with zero attached hydrogens (tertiary/aromatic N) is 1. The van der Waals surface area contributed by atoms with Gasteiger partial charge in [-0.3, -0.25) is 0 Å². The highest BCUT2D eigenvalue weighted by Crippen LogP contribution is 2.31. The fourth-order valence-corrected chi connectivity index (χ4v) is 2.61. The van der Waals surface area contributed by atoms with E-state index < -0.39 is 0 Å². The summed E-state index contributed by atoms with van der Waals surface area (Å²) in [6.07, 6.45) is 4.29. The van der Waals surface area contributed by atoms with E-state index in [-0.39, 0.29) is 0 Å². The molecule has 0 unspecified atom stereocenters. The highest BCUT2D eigenvalue weighted by Gasteiger charge is 2.21. The molecule has 1 fully saturated rings. The van der Waals surface area contributed by atoms with E-state index in [0.717, 1.165) is 26.8 Å². The van der Waals surface area contributed by atoms with Crippen LogP contribution < -0.4 is 10.1 Å². The van der Waals surface area contributed by atoms with Crippen molar-refractivity contribution >= 4 is 31.9 Å². The number of benzene rings is 1. The van der Waals surface area contributed by atoms with Gasteiger partial charge in [0, 0.05) is 28.8 Å². The first kappa shape index (κ1) is 14.0. The highest BCUT2D eigenvalue weighted by molar-refractivity contribution is 9.10. The van der Waals surface area contributed by atoms with Gasteiger partial charge in [-0.05, 0) is 62.9 Å². The van der Waals surface area contributed by atoms with Gasteiger partial charge >= 0.3 is 0 Å². The molecule has 0 amide bonds. The van der Waals surface area contributed by atoms with Crippen molar-refractivity contribution in [2.45, 2.75) is 25.4 Å². The van der Waals surface area contributed by atoms with Crippen LogP contribution in [0.4, 0.5) is 0 Å². The average Bonchev–Trinajstić information content (AvgIpc) is 3.25. The zero-order valence-corrected chi connectivity index (χ0v) is 13.9. The topological polar surface area (TPSA) is 34.1 Å². The molecule has 3 nitrogen and oxygen atoms in total. The summed E-state index contributed by atoms with van der Waals surface area (Å²) in [6, 6.07) is 10.5. The van der Waals surface area contributed by atoms with E-state index in [4.69, 9.17) is 4.74 Å². The lowest BCUT2D eigenvalue weighted by Gasteiger charge is -2.12. The number of halogens is 2. The van der Waals surface area contributed by atoms with E-state index in [1.165, 1.54) is 12.8 Å². The zero-order valence-electron chi connectivity index (χ0n) is 10.8. The third-order valence-corrected chi connectivity index (χ3v) is 4.18. The second kappa shape index (κ2) is 6.24. The summed E-state index contributed by atoms with van der Waals surface area (Å²) in [7, 11) is 0. The summed E-state index contributed by atoms with van der Waals surface area (Å²) < 4.78 is 7.81. The van der Waals surface area contributed by atoms with Crippen molar-refractivity contribution < 1.29 is 4.74 Å². The first-order valence-corrected chi connectivity index (χ1v) is 8.11. The maximum Gasteiger partial charge on any atom is 0.223 e. The van der Waals surface area contributed by atoms with Gasteiger partial charge in [-0.15, -0.1) is 0 Å². The van der Waals surface area contributed by atoms with Gasteiger partial charge in [0.25, 0.3) is 0 Å². The number of para-hydroxylation sites is 1. The molecule has 104 valence electrons. The Balaban J connectivity index is 1.82. The maximum atomic E-state index is 5.93. The number of nitrogens with one attached hydrogen (secondary N) is 1. The van der Waals surface area contributed by atoms with Crippen molar-refractivity contribution in [2.75, 3.05) is 0 Å². The Morgan fingerprint density at radius 1 is 1.25 bits per heavy atom. The smallest absolute Gasteiger partial charge is 0.223 e. The van der Waals surface area contributed by atoms with Gasteiger partial charge in [0.05, 0.1) is 4.47 Å². The van der Waals surface area contributed by atoms with Gasteiger partial charge in [-0.1, -0.05) is 12.1 Å². The summed E-state index contributed by atoms with van der Waals surface area (Å²) in [5.41, 5.74) is 1.06. The van der Waals surface area contributed by atoms with E-state index in [1.54, 1.807) is 6.20 Å². The number of aromatic nitrogens is 1. The minimum atomic E-state index is 0.647. The van der Waals surface area contributed by atoms with Gasteiger partial charge in [0.1, 0.15) is 5.75 Å². The first-order valence-electron chi connectivity index (χ1n) is 6.52. The monoisotopic (exact) mass is 396 g/mol. The average molecular weight is 398 g/mol. The lowest BCUT2D eigenvalue weighted by molar-refractivity contribution is 0.450. The Hall–Kier alpha value is -0.910. The molecule has 5 heteroatoms. The molecule has 1 aromatic carbocycles. The molecular formula is C15H14Br2N2O. The molecule has 1 aromatic heterocycles. The molecule has 1 aliphatic rings. The van der Waals surface area contributed by atoms with Crippen molar-refractivity contribution in [3.8, 4) is 11.6 Å². The number of hydrogen-bond acceptors (Lipinski definition) is 3. The Morgan fingerprint density at radius 2 is 2.05 bits per heavy atom. The second-order valence-corrected chi connectivity index (χ2v) is 6.58. The van der Waals surface area contributed by atoms with Gasteiger partial charge in [0.2, 0.25) is 5.88 Å². The zero-order chi connectivity index (χ0) is 13.9. The predicted molar refractivity (Wildman–Crippen MR) is 86.0 cm³/mol. The molecule has 1 N–H and O–H groups in total. The molecule has 0 aliphatic heterocycles. The lowest BCUT2D eigenvalue weighted by atomic mass is 10.2. The number of rotatable bonds is 5. The van der Waals surface area contributed by atoms with Gasteiger partial charge < -0.3 is 10.1 Å². The van der Waals surface area contributed by atoms with Crippen LogP contribution in [-0.2, 0) is 6.54 Å². The fourth-order valence-electron chi connectivity index (χ4n) is 1.86. The first-order chi connectivity index (χ1) is 9.72. The third kappa shape index (κ3) is 3.59. The van der Waals surface area contributed by atoms with Gasteiger partial charge in [0.15, 0.2) is 0 Å². The molecule has 1 saturated carbocycles. The molecule has 1 aliphatic carbocycles. The molecular weight excluding hydrogens is 384 g/mol.